The molecule has 0 N–H and O–H groups in total. The lowest BCUT2D eigenvalue weighted by atomic mass is 10.2. The number of benzene rings is 2. The highest BCUT2D eigenvalue weighted by Crippen LogP contribution is 2.36. The fourth-order valence-corrected chi connectivity index (χ4v) is 4.06. The summed E-state index contributed by atoms with van der Waals surface area (Å²) in [6.45, 7) is 0.944. The second-order valence-electron chi connectivity index (χ2n) is 6.09. The van der Waals surface area contributed by atoms with Crippen LogP contribution in [0.1, 0.15) is 6.42 Å². The Labute approximate surface area is 156 Å². The van der Waals surface area contributed by atoms with Gasteiger partial charge in [0.05, 0.1) is 11.5 Å². The molecule has 1 fully saturated rings. The number of anilines is 1. The van der Waals surface area contributed by atoms with E-state index < -0.39 is 20.4 Å². The number of para-hydroxylation sites is 1. The first kappa shape index (κ1) is 18.5. The van der Waals surface area contributed by atoms with Crippen LogP contribution in [0.15, 0.2) is 47.4 Å². The van der Waals surface area contributed by atoms with Crippen molar-refractivity contribution < 1.29 is 18.1 Å². The number of nitro benzene ring substituents is 1. The van der Waals surface area contributed by atoms with E-state index in [0.29, 0.717) is 30.3 Å². The second-order valence-corrected chi connectivity index (χ2v) is 8.51. The van der Waals surface area contributed by atoms with E-state index in [1.54, 1.807) is 35.2 Å². The number of nitrogens with zero attached hydrogens (tertiary/aromatic N) is 2. The van der Waals surface area contributed by atoms with E-state index in [1.165, 1.54) is 12.1 Å². The number of ether oxygens (including phenoxy) is 1. The molecule has 1 aliphatic rings. The molecule has 9 heteroatoms. The summed E-state index contributed by atoms with van der Waals surface area (Å²) >= 11 is 5.95. The molecule has 7 nitrogen and oxygen atoms in total. The largest absolute Gasteiger partial charge is 0.488 e. The molecule has 1 saturated heterocycles. The van der Waals surface area contributed by atoms with Gasteiger partial charge in [-0.1, -0.05) is 23.7 Å². The SMILES string of the molecule is CS(=O)(=O)c1cccc(N2CCC(Oc3cccc(Cl)c3)C2)c1[N+](=O)[O-]. The second kappa shape index (κ2) is 7.13. The molecule has 3 rings (SSSR count). The summed E-state index contributed by atoms with van der Waals surface area (Å²) in [5.41, 5.74) is -0.103. The Hall–Kier alpha value is -2.32. The normalized spacial score (nSPS) is 17.3. The molecule has 1 aliphatic heterocycles. The molecule has 1 unspecified atom stereocenters. The summed E-state index contributed by atoms with van der Waals surface area (Å²) < 4.78 is 29.7. The molecule has 138 valence electrons. The zero-order chi connectivity index (χ0) is 18.9. The van der Waals surface area contributed by atoms with Crippen molar-refractivity contribution in [3.63, 3.8) is 0 Å². The van der Waals surface area contributed by atoms with E-state index >= 15 is 0 Å². The molecule has 26 heavy (non-hydrogen) atoms. The first-order valence-electron chi connectivity index (χ1n) is 7.90. The quantitative estimate of drug-likeness (QED) is 0.569. The molecule has 0 bridgehead atoms. The van der Waals surface area contributed by atoms with E-state index in [0.717, 1.165) is 6.26 Å². The van der Waals surface area contributed by atoms with Crippen molar-refractivity contribution in [2.75, 3.05) is 24.2 Å². The topological polar surface area (TPSA) is 89.8 Å². The minimum absolute atomic E-state index is 0.171. The summed E-state index contributed by atoms with van der Waals surface area (Å²) in [7, 11) is -3.71. The Balaban J connectivity index is 1.86. The molecule has 0 spiro atoms. The third-order valence-electron chi connectivity index (χ3n) is 4.14. The minimum atomic E-state index is -3.71. The Bertz CT molecular complexity index is 948. The third-order valence-corrected chi connectivity index (χ3v) is 5.51. The van der Waals surface area contributed by atoms with Crippen LogP contribution in [0.3, 0.4) is 0 Å². The maximum Gasteiger partial charge on any atom is 0.311 e. The van der Waals surface area contributed by atoms with Gasteiger partial charge in [0.25, 0.3) is 0 Å². The number of sulfone groups is 1. The average Bonchev–Trinajstić information content (AvgIpc) is 3.01. The maximum absolute atomic E-state index is 11.9. The van der Waals surface area contributed by atoms with E-state index in [-0.39, 0.29) is 16.7 Å². The van der Waals surface area contributed by atoms with Crippen molar-refractivity contribution >= 4 is 32.8 Å². The van der Waals surface area contributed by atoms with Gasteiger partial charge in [-0.3, -0.25) is 10.1 Å². The van der Waals surface area contributed by atoms with Crippen molar-refractivity contribution in [1.29, 1.82) is 0 Å². The number of nitro groups is 1. The predicted octanol–water partition coefficient (Wildman–Crippen LogP) is 3.31. The summed E-state index contributed by atoms with van der Waals surface area (Å²) in [5.74, 6) is 0.628. The first-order chi connectivity index (χ1) is 12.3. The van der Waals surface area contributed by atoms with E-state index in [4.69, 9.17) is 16.3 Å². The number of hydrogen-bond acceptors (Lipinski definition) is 6. The van der Waals surface area contributed by atoms with Gasteiger partial charge in [0.1, 0.15) is 22.4 Å². The van der Waals surface area contributed by atoms with Crippen molar-refractivity contribution in [3.05, 3.63) is 57.6 Å². The van der Waals surface area contributed by atoms with Crippen molar-refractivity contribution in [1.82, 2.24) is 0 Å². The number of hydrogen-bond donors (Lipinski definition) is 0. The molecule has 0 radical (unpaired) electrons. The molecule has 1 atom stereocenters. The lowest BCUT2D eigenvalue weighted by Crippen LogP contribution is -2.25. The van der Waals surface area contributed by atoms with Gasteiger partial charge in [-0.05, 0) is 30.3 Å². The molecule has 0 aliphatic carbocycles. The van der Waals surface area contributed by atoms with Gasteiger partial charge in [-0.15, -0.1) is 0 Å². The smallest absolute Gasteiger partial charge is 0.311 e. The summed E-state index contributed by atoms with van der Waals surface area (Å²) in [5, 5.41) is 12.1. The van der Waals surface area contributed by atoms with E-state index in [1.807, 2.05) is 0 Å². The minimum Gasteiger partial charge on any atom is -0.488 e. The van der Waals surface area contributed by atoms with Gasteiger partial charge in [0, 0.05) is 24.2 Å². The lowest BCUT2D eigenvalue weighted by molar-refractivity contribution is -0.387. The van der Waals surface area contributed by atoms with E-state index in [9.17, 15) is 18.5 Å². The van der Waals surface area contributed by atoms with Gasteiger partial charge >= 0.3 is 5.69 Å². The van der Waals surface area contributed by atoms with Crippen LogP contribution >= 0.6 is 11.6 Å². The summed E-state index contributed by atoms with van der Waals surface area (Å²) in [6.07, 6.45) is 1.45. The molecule has 0 saturated carbocycles. The van der Waals surface area contributed by atoms with Gasteiger partial charge in [0.15, 0.2) is 9.84 Å². The van der Waals surface area contributed by atoms with Crippen LogP contribution in [-0.4, -0.2) is 38.8 Å². The molecular weight excluding hydrogens is 380 g/mol. The average molecular weight is 397 g/mol. The monoisotopic (exact) mass is 396 g/mol. The Morgan fingerprint density at radius 3 is 2.65 bits per heavy atom. The zero-order valence-electron chi connectivity index (χ0n) is 14.0. The Morgan fingerprint density at radius 2 is 2.00 bits per heavy atom. The summed E-state index contributed by atoms with van der Waals surface area (Å²) in [4.78, 5) is 12.4. The predicted molar refractivity (Wildman–Crippen MR) is 98.9 cm³/mol. The highest BCUT2D eigenvalue weighted by molar-refractivity contribution is 7.90. The van der Waals surface area contributed by atoms with Crippen LogP contribution in [0, 0.1) is 10.1 Å². The third kappa shape index (κ3) is 3.91. The Morgan fingerprint density at radius 1 is 1.27 bits per heavy atom. The highest BCUT2D eigenvalue weighted by atomic mass is 35.5. The molecule has 2 aromatic carbocycles. The zero-order valence-corrected chi connectivity index (χ0v) is 15.5. The van der Waals surface area contributed by atoms with Gasteiger partial charge in [-0.2, -0.15) is 0 Å². The van der Waals surface area contributed by atoms with Gasteiger partial charge in [-0.25, -0.2) is 8.42 Å². The van der Waals surface area contributed by atoms with Crippen molar-refractivity contribution in [2.45, 2.75) is 17.4 Å². The standard InChI is InChI=1S/C17H17ClN2O5S/c1-26(23,24)16-7-3-6-15(17(16)20(21)22)19-9-8-14(11-19)25-13-5-2-4-12(18)10-13/h2-7,10,14H,8-9,11H2,1H3. The van der Waals surface area contributed by atoms with Crippen molar-refractivity contribution in [3.8, 4) is 5.75 Å². The van der Waals surface area contributed by atoms with Gasteiger partial charge < -0.3 is 9.64 Å². The lowest BCUT2D eigenvalue weighted by Gasteiger charge is -2.20. The van der Waals surface area contributed by atoms with Gasteiger partial charge in [0.2, 0.25) is 0 Å². The van der Waals surface area contributed by atoms with Crippen LogP contribution in [-0.2, 0) is 9.84 Å². The Kier molecular flexibility index (Phi) is 5.06. The number of rotatable bonds is 5. The number of halogens is 1. The van der Waals surface area contributed by atoms with E-state index in [2.05, 4.69) is 0 Å². The fraction of sp³-hybridized carbons (Fsp3) is 0.294. The summed E-state index contributed by atoms with van der Waals surface area (Å²) in [6, 6.07) is 11.4. The molecule has 2 aromatic rings. The maximum atomic E-state index is 11.9. The van der Waals surface area contributed by atoms with Crippen molar-refractivity contribution in [2.24, 2.45) is 0 Å². The van der Waals surface area contributed by atoms with Crippen LogP contribution < -0.4 is 9.64 Å². The molecule has 1 heterocycles. The molecule has 0 amide bonds. The fourth-order valence-electron chi connectivity index (χ4n) is 3.02. The highest BCUT2D eigenvalue weighted by Gasteiger charge is 2.33. The van der Waals surface area contributed by atoms with Crippen LogP contribution in [0.5, 0.6) is 5.75 Å². The van der Waals surface area contributed by atoms with Crippen LogP contribution in [0.2, 0.25) is 5.02 Å². The van der Waals surface area contributed by atoms with Crippen LogP contribution in [0.25, 0.3) is 0 Å². The molecular formula is C17H17ClN2O5S. The molecule has 0 aromatic heterocycles. The van der Waals surface area contributed by atoms with Crippen LogP contribution in [0.4, 0.5) is 11.4 Å². The first-order valence-corrected chi connectivity index (χ1v) is 10.2.